The zero-order chi connectivity index (χ0) is 23.3. The summed E-state index contributed by atoms with van der Waals surface area (Å²) in [6, 6.07) is 23.8. The van der Waals surface area contributed by atoms with Crippen LogP contribution in [0.1, 0.15) is 23.2 Å². The number of amides is 1. The van der Waals surface area contributed by atoms with Crippen molar-refractivity contribution >= 4 is 23.0 Å². The summed E-state index contributed by atoms with van der Waals surface area (Å²) in [4.78, 5) is 28.7. The standard InChI is InChI=1S/C26H20N6O2/c33-23(18-5-2-1-3-6-18)10-12-25(34)28-21-8-4-7-20(17-21)22-9-11-24-29-30-26(32(24)31-22)19-13-15-27-16-14-19/h1-9,11,13-17H,10,12H2,(H,28,34). The third kappa shape index (κ3) is 4.56. The van der Waals surface area contributed by atoms with Crippen molar-refractivity contribution in [3.05, 3.63) is 96.8 Å². The molecule has 0 saturated heterocycles. The highest BCUT2D eigenvalue weighted by Crippen LogP contribution is 2.23. The van der Waals surface area contributed by atoms with Gasteiger partial charge in [-0.1, -0.05) is 42.5 Å². The molecule has 2 aromatic carbocycles. The third-order valence-electron chi connectivity index (χ3n) is 5.32. The van der Waals surface area contributed by atoms with Gasteiger partial charge in [0.25, 0.3) is 0 Å². The lowest BCUT2D eigenvalue weighted by Gasteiger charge is -2.08. The highest BCUT2D eigenvalue weighted by molar-refractivity contribution is 6.00. The molecule has 166 valence electrons. The van der Waals surface area contributed by atoms with Gasteiger partial charge in [0.2, 0.25) is 5.91 Å². The maximum Gasteiger partial charge on any atom is 0.224 e. The van der Waals surface area contributed by atoms with E-state index in [0.29, 0.717) is 28.4 Å². The summed E-state index contributed by atoms with van der Waals surface area (Å²) >= 11 is 0. The molecule has 0 atom stereocenters. The van der Waals surface area contributed by atoms with E-state index >= 15 is 0 Å². The predicted molar refractivity (Wildman–Crippen MR) is 128 cm³/mol. The van der Waals surface area contributed by atoms with E-state index in [9.17, 15) is 9.59 Å². The molecule has 8 heteroatoms. The van der Waals surface area contributed by atoms with E-state index in [0.717, 1.165) is 11.1 Å². The van der Waals surface area contributed by atoms with E-state index < -0.39 is 0 Å². The normalized spacial score (nSPS) is 10.8. The number of fused-ring (bicyclic) bond motifs is 1. The zero-order valence-corrected chi connectivity index (χ0v) is 18.1. The second kappa shape index (κ2) is 9.41. The molecule has 8 nitrogen and oxygen atoms in total. The average molecular weight is 448 g/mol. The predicted octanol–water partition coefficient (Wildman–Crippen LogP) is 4.45. The first-order chi connectivity index (χ1) is 16.7. The lowest BCUT2D eigenvalue weighted by atomic mass is 10.1. The van der Waals surface area contributed by atoms with Crippen LogP contribution in [0.2, 0.25) is 0 Å². The number of pyridine rings is 1. The Bertz CT molecular complexity index is 1460. The maximum atomic E-state index is 12.4. The number of Topliss-reactive ketones (excluding diaryl/α,β-unsaturated/α-hetero) is 1. The number of benzene rings is 2. The van der Waals surface area contributed by atoms with Crippen molar-refractivity contribution in [3.8, 4) is 22.6 Å². The van der Waals surface area contributed by atoms with Crippen LogP contribution in [0.25, 0.3) is 28.3 Å². The molecular formula is C26H20N6O2. The first-order valence-corrected chi connectivity index (χ1v) is 10.8. The molecule has 34 heavy (non-hydrogen) atoms. The van der Waals surface area contributed by atoms with Gasteiger partial charge in [-0.15, -0.1) is 10.2 Å². The van der Waals surface area contributed by atoms with Crippen LogP contribution in [-0.2, 0) is 4.79 Å². The van der Waals surface area contributed by atoms with Crippen LogP contribution in [0.5, 0.6) is 0 Å². The van der Waals surface area contributed by atoms with Crippen molar-refractivity contribution in [1.82, 2.24) is 24.8 Å². The molecule has 0 aliphatic rings. The van der Waals surface area contributed by atoms with Crippen molar-refractivity contribution in [2.24, 2.45) is 0 Å². The van der Waals surface area contributed by atoms with Gasteiger partial charge in [-0.2, -0.15) is 9.61 Å². The Balaban J connectivity index is 1.32. The average Bonchev–Trinajstić information content (AvgIpc) is 3.32. The fraction of sp³-hybridized carbons (Fsp3) is 0.0769. The van der Waals surface area contributed by atoms with Crippen LogP contribution in [0.15, 0.2) is 91.3 Å². The largest absolute Gasteiger partial charge is 0.326 e. The Morgan fingerprint density at radius 1 is 0.794 bits per heavy atom. The second-order valence-electron chi connectivity index (χ2n) is 7.67. The molecule has 3 heterocycles. The van der Waals surface area contributed by atoms with Gasteiger partial charge < -0.3 is 5.32 Å². The molecule has 3 aromatic heterocycles. The summed E-state index contributed by atoms with van der Waals surface area (Å²) in [5, 5.41) is 16.0. The van der Waals surface area contributed by atoms with Gasteiger partial charge in [0.15, 0.2) is 17.3 Å². The number of nitrogens with zero attached hydrogens (tertiary/aromatic N) is 5. The molecule has 0 aliphatic heterocycles. The number of rotatable bonds is 7. The molecule has 0 fully saturated rings. The lowest BCUT2D eigenvalue weighted by molar-refractivity contribution is -0.116. The molecule has 5 rings (SSSR count). The minimum atomic E-state index is -0.219. The van der Waals surface area contributed by atoms with Crippen molar-refractivity contribution in [3.63, 3.8) is 0 Å². The van der Waals surface area contributed by atoms with E-state index in [4.69, 9.17) is 5.10 Å². The molecule has 1 amide bonds. The lowest BCUT2D eigenvalue weighted by Crippen LogP contribution is -2.13. The second-order valence-corrected chi connectivity index (χ2v) is 7.67. The van der Waals surface area contributed by atoms with Crippen LogP contribution in [0.4, 0.5) is 5.69 Å². The minimum Gasteiger partial charge on any atom is -0.326 e. The Morgan fingerprint density at radius 2 is 1.62 bits per heavy atom. The number of ketones is 1. The number of nitrogens with one attached hydrogen (secondary N) is 1. The van der Waals surface area contributed by atoms with Crippen molar-refractivity contribution < 1.29 is 9.59 Å². The number of carbonyl (C=O) groups is 2. The van der Waals surface area contributed by atoms with E-state index in [-0.39, 0.29) is 24.5 Å². The smallest absolute Gasteiger partial charge is 0.224 e. The van der Waals surface area contributed by atoms with E-state index in [1.807, 2.05) is 60.7 Å². The first kappa shape index (κ1) is 21.1. The quantitative estimate of drug-likeness (QED) is 0.369. The van der Waals surface area contributed by atoms with Crippen LogP contribution in [-0.4, -0.2) is 36.5 Å². The zero-order valence-electron chi connectivity index (χ0n) is 18.1. The van der Waals surface area contributed by atoms with Gasteiger partial charge in [0.05, 0.1) is 5.69 Å². The molecule has 5 aromatic rings. The minimum absolute atomic E-state index is 0.0547. The molecular weight excluding hydrogens is 428 g/mol. The summed E-state index contributed by atoms with van der Waals surface area (Å²) in [6.07, 6.45) is 3.65. The Hall–Kier alpha value is -4.72. The van der Waals surface area contributed by atoms with Gasteiger partial charge in [-0.05, 0) is 36.4 Å². The van der Waals surface area contributed by atoms with Crippen LogP contribution in [0.3, 0.4) is 0 Å². The van der Waals surface area contributed by atoms with Crippen LogP contribution < -0.4 is 5.32 Å². The maximum absolute atomic E-state index is 12.4. The number of anilines is 1. The molecule has 0 saturated carbocycles. The Labute approximate surface area is 195 Å². The Kier molecular flexibility index (Phi) is 5.85. The fourth-order valence-corrected chi connectivity index (χ4v) is 3.60. The summed E-state index contributed by atoms with van der Waals surface area (Å²) < 4.78 is 1.69. The van der Waals surface area contributed by atoms with Crippen molar-refractivity contribution in [2.45, 2.75) is 12.8 Å². The van der Waals surface area contributed by atoms with Gasteiger partial charge in [0.1, 0.15) is 0 Å². The van der Waals surface area contributed by atoms with Gasteiger partial charge in [-0.3, -0.25) is 14.6 Å². The van der Waals surface area contributed by atoms with Crippen molar-refractivity contribution in [2.75, 3.05) is 5.32 Å². The molecule has 1 N–H and O–H groups in total. The number of aromatic nitrogens is 5. The van der Waals surface area contributed by atoms with Gasteiger partial charge >= 0.3 is 0 Å². The van der Waals surface area contributed by atoms with Crippen LogP contribution in [0, 0.1) is 0 Å². The highest BCUT2D eigenvalue weighted by atomic mass is 16.2. The molecule has 0 radical (unpaired) electrons. The van der Waals surface area contributed by atoms with Gasteiger partial charge in [0, 0.05) is 47.6 Å². The molecule has 0 unspecified atom stereocenters. The van der Waals surface area contributed by atoms with Gasteiger partial charge in [-0.25, -0.2) is 0 Å². The monoisotopic (exact) mass is 448 g/mol. The fourth-order valence-electron chi connectivity index (χ4n) is 3.60. The van der Waals surface area contributed by atoms with Crippen LogP contribution >= 0.6 is 0 Å². The number of hydrogen-bond acceptors (Lipinski definition) is 6. The topological polar surface area (TPSA) is 102 Å². The highest BCUT2D eigenvalue weighted by Gasteiger charge is 2.12. The Morgan fingerprint density at radius 3 is 2.44 bits per heavy atom. The first-order valence-electron chi connectivity index (χ1n) is 10.8. The third-order valence-corrected chi connectivity index (χ3v) is 5.32. The number of hydrogen-bond donors (Lipinski definition) is 1. The van der Waals surface area contributed by atoms with E-state index in [1.54, 1.807) is 35.1 Å². The summed E-state index contributed by atoms with van der Waals surface area (Å²) in [6.45, 7) is 0. The van der Waals surface area contributed by atoms with E-state index in [1.165, 1.54) is 0 Å². The summed E-state index contributed by atoms with van der Waals surface area (Å²) in [7, 11) is 0. The molecule has 0 bridgehead atoms. The SMILES string of the molecule is O=C(CCC(=O)c1ccccc1)Nc1cccc(-c2ccc3nnc(-c4ccncc4)n3n2)c1. The summed E-state index contributed by atoms with van der Waals surface area (Å²) in [5.41, 5.74) is 4.27. The summed E-state index contributed by atoms with van der Waals surface area (Å²) in [5.74, 6) is 0.344. The number of carbonyl (C=O) groups excluding carboxylic acids is 2. The molecule has 0 spiro atoms. The van der Waals surface area contributed by atoms with Crippen molar-refractivity contribution in [1.29, 1.82) is 0 Å². The van der Waals surface area contributed by atoms with E-state index in [2.05, 4.69) is 20.5 Å². The molecule has 0 aliphatic carbocycles.